The summed E-state index contributed by atoms with van der Waals surface area (Å²) in [7, 11) is 1.59. The molecule has 3 nitrogen and oxygen atoms in total. The standard InChI is InChI=1S/C12H16F3NO2/c1-17-5-4-16-7-9-2-3-11(10(13)6-9)18-8-12(14)15/h2-3,6,12,16H,4-5,7-8H2,1H3. The van der Waals surface area contributed by atoms with Crippen molar-refractivity contribution >= 4 is 0 Å². The number of ether oxygens (including phenoxy) is 2. The minimum absolute atomic E-state index is 0.157. The molecule has 0 aromatic heterocycles. The van der Waals surface area contributed by atoms with Crippen molar-refractivity contribution in [3.63, 3.8) is 0 Å². The fraction of sp³-hybridized carbons (Fsp3) is 0.500. The molecule has 0 aliphatic heterocycles. The van der Waals surface area contributed by atoms with Crippen LogP contribution in [0.2, 0.25) is 0 Å². The Morgan fingerprint density at radius 3 is 2.72 bits per heavy atom. The lowest BCUT2D eigenvalue weighted by Crippen LogP contribution is -2.18. The molecule has 18 heavy (non-hydrogen) atoms. The molecule has 0 bridgehead atoms. The summed E-state index contributed by atoms with van der Waals surface area (Å²) in [5.74, 6) is -0.794. The largest absolute Gasteiger partial charge is 0.485 e. The number of hydrogen-bond donors (Lipinski definition) is 1. The summed E-state index contributed by atoms with van der Waals surface area (Å²) < 4.78 is 46.7. The van der Waals surface area contributed by atoms with Crippen LogP contribution in [0.1, 0.15) is 5.56 Å². The maximum atomic E-state index is 13.5. The van der Waals surface area contributed by atoms with Crippen molar-refractivity contribution in [3.8, 4) is 5.75 Å². The average Bonchev–Trinajstić information content (AvgIpc) is 2.33. The molecule has 1 aromatic rings. The molecule has 0 heterocycles. The molecule has 0 aliphatic rings. The van der Waals surface area contributed by atoms with Gasteiger partial charge in [-0.25, -0.2) is 13.2 Å². The predicted molar refractivity (Wildman–Crippen MR) is 61.5 cm³/mol. The van der Waals surface area contributed by atoms with Crippen LogP contribution in [0, 0.1) is 5.82 Å². The molecule has 1 rings (SSSR count). The van der Waals surface area contributed by atoms with Gasteiger partial charge in [0.15, 0.2) is 11.6 Å². The van der Waals surface area contributed by atoms with Crippen molar-refractivity contribution in [2.45, 2.75) is 13.0 Å². The lowest BCUT2D eigenvalue weighted by atomic mass is 10.2. The van der Waals surface area contributed by atoms with Gasteiger partial charge >= 0.3 is 0 Å². The van der Waals surface area contributed by atoms with E-state index < -0.39 is 18.8 Å². The van der Waals surface area contributed by atoms with Crippen LogP contribution in [0.4, 0.5) is 13.2 Å². The molecular weight excluding hydrogens is 247 g/mol. The van der Waals surface area contributed by atoms with Gasteiger partial charge in [0.25, 0.3) is 6.43 Å². The van der Waals surface area contributed by atoms with Gasteiger partial charge < -0.3 is 14.8 Å². The summed E-state index contributed by atoms with van der Waals surface area (Å²) in [6.07, 6.45) is -2.61. The van der Waals surface area contributed by atoms with E-state index in [2.05, 4.69) is 10.1 Å². The average molecular weight is 263 g/mol. The Hall–Kier alpha value is -1.27. The summed E-state index contributed by atoms with van der Waals surface area (Å²) in [6, 6.07) is 4.25. The second kappa shape index (κ2) is 7.94. The second-order valence-corrected chi connectivity index (χ2v) is 3.64. The third-order valence-electron chi connectivity index (χ3n) is 2.17. The van der Waals surface area contributed by atoms with Crippen molar-refractivity contribution in [2.24, 2.45) is 0 Å². The minimum Gasteiger partial charge on any atom is -0.485 e. The van der Waals surface area contributed by atoms with Gasteiger partial charge in [0, 0.05) is 20.2 Å². The zero-order chi connectivity index (χ0) is 13.4. The summed E-state index contributed by atoms with van der Waals surface area (Å²) in [6.45, 7) is 0.900. The van der Waals surface area contributed by atoms with Crippen molar-refractivity contribution in [2.75, 3.05) is 26.9 Å². The summed E-state index contributed by atoms with van der Waals surface area (Å²) in [5, 5.41) is 3.05. The first-order valence-corrected chi connectivity index (χ1v) is 5.52. The van der Waals surface area contributed by atoms with Crippen molar-refractivity contribution in [3.05, 3.63) is 29.6 Å². The van der Waals surface area contributed by atoms with Gasteiger partial charge in [0.2, 0.25) is 0 Å². The molecular formula is C12H16F3NO2. The Balaban J connectivity index is 2.46. The van der Waals surface area contributed by atoms with Gasteiger partial charge in [-0.15, -0.1) is 0 Å². The molecule has 0 radical (unpaired) electrons. The van der Waals surface area contributed by atoms with Crippen molar-refractivity contribution in [1.82, 2.24) is 5.32 Å². The Labute approximate surface area is 104 Å². The van der Waals surface area contributed by atoms with Crippen LogP contribution < -0.4 is 10.1 Å². The van der Waals surface area contributed by atoms with Crippen molar-refractivity contribution in [1.29, 1.82) is 0 Å². The number of halogens is 3. The Bertz CT molecular complexity index is 361. The van der Waals surface area contributed by atoms with Crippen LogP contribution in [-0.4, -0.2) is 33.3 Å². The fourth-order valence-electron chi connectivity index (χ4n) is 1.33. The third kappa shape index (κ3) is 5.37. The topological polar surface area (TPSA) is 30.5 Å². The van der Waals surface area contributed by atoms with Crippen molar-refractivity contribution < 1.29 is 22.6 Å². The van der Waals surface area contributed by atoms with Gasteiger partial charge in [-0.05, 0) is 17.7 Å². The Morgan fingerprint density at radius 2 is 2.11 bits per heavy atom. The third-order valence-corrected chi connectivity index (χ3v) is 2.17. The second-order valence-electron chi connectivity index (χ2n) is 3.64. The Morgan fingerprint density at radius 1 is 1.33 bits per heavy atom. The van der Waals surface area contributed by atoms with Crippen LogP contribution in [0.3, 0.4) is 0 Å². The van der Waals surface area contributed by atoms with Crippen LogP contribution in [0.5, 0.6) is 5.75 Å². The molecule has 1 N–H and O–H groups in total. The highest BCUT2D eigenvalue weighted by Crippen LogP contribution is 2.18. The van der Waals surface area contributed by atoms with Crippen LogP contribution in [-0.2, 0) is 11.3 Å². The van der Waals surface area contributed by atoms with Gasteiger partial charge in [-0.2, -0.15) is 0 Å². The van der Waals surface area contributed by atoms with Crippen LogP contribution >= 0.6 is 0 Å². The highest BCUT2D eigenvalue weighted by Gasteiger charge is 2.08. The molecule has 0 amide bonds. The zero-order valence-corrected chi connectivity index (χ0v) is 10.1. The molecule has 0 aliphatic carbocycles. The van der Waals surface area contributed by atoms with E-state index in [0.29, 0.717) is 25.3 Å². The van der Waals surface area contributed by atoms with Gasteiger partial charge in [0.05, 0.1) is 6.61 Å². The number of nitrogens with one attached hydrogen (secondary N) is 1. The van der Waals surface area contributed by atoms with E-state index >= 15 is 0 Å². The first kappa shape index (κ1) is 14.8. The zero-order valence-electron chi connectivity index (χ0n) is 10.1. The van der Waals surface area contributed by atoms with E-state index in [1.165, 1.54) is 12.1 Å². The Kier molecular flexibility index (Phi) is 6.53. The summed E-state index contributed by atoms with van der Waals surface area (Å²) >= 11 is 0. The van der Waals surface area contributed by atoms with Gasteiger partial charge in [-0.1, -0.05) is 6.07 Å². The quantitative estimate of drug-likeness (QED) is 0.729. The lowest BCUT2D eigenvalue weighted by Gasteiger charge is -2.09. The maximum Gasteiger partial charge on any atom is 0.272 e. The monoisotopic (exact) mass is 263 g/mol. The first-order chi connectivity index (χ1) is 8.63. The highest BCUT2D eigenvalue weighted by atomic mass is 19.3. The van der Waals surface area contributed by atoms with E-state index in [4.69, 9.17) is 4.74 Å². The maximum absolute atomic E-state index is 13.5. The molecule has 0 spiro atoms. The predicted octanol–water partition coefficient (Wildman–Crippen LogP) is 2.21. The summed E-state index contributed by atoms with van der Waals surface area (Å²) in [4.78, 5) is 0. The molecule has 6 heteroatoms. The SMILES string of the molecule is COCCNCc1ccc(OCC(F)F)c(F)c1. The van der Waals surface area contributed by atoms with Crippen LogP contribution in [0.15, 0.2) is 18.2 Å². The number of benzene rings is 1. The highest BCUT2D eigenvalue weighted by molar-refractivity contribution is 5.29. The van der Waals surface area contributed by atoms with E-state index in [-0.39, 0.29) is 5.75 Å². The van der Waals surface area contributed by atoms with E-state index in [1.807, 2.05) is 0 Å². The van der Waals surface area contributed by atoms with Crippen LogP contribution in [0.25, 0.3) is 0 Å². The molecule has 0 saturated carbocycles. The molecule has 1 aromatic carbocycles. The van der Waals surface area contributed by atoms with E-state index in [9.17, 15) is 13.2 Å². The van der Waals surface area contributed by atoms with E-state index in [1.54, 1.807) is 13.2 Å². The van der Waals surface area contributed by atoms with Gasteiger partial charge in [-0.3, -0.25) is 0 Å². The molecule has 0 saturated heterocycles. The fourth-order valence-corrected chi connectivity index (χ4v) is 1.33. The smallest absolute Gasteiger partial charge is 0.272 e. The van der Waals surface area contributed by atoms with E-state index in [0.717, 1.165) is 0 Å². The molecule has 0 fully saturated rings. The number of alkyl halides is 2. The number of methoxy groups -OCH3 is 1. The lowest BCUT2D eigenvalue weighted by molar-refractivity contribution is 0.0799. The minimum atomic E-state index is -2.61. The first-order valence-electron chi connectivity index (χ1n) is 5.52. The number of hydrogen-bond acceptors (Lipinski definition) is 3. The molecule has 102 valence electrons. The molecule has 0 atom stereocenters. The summed E-state index contributed by atoms with van der Waals surface area (Å²) in [5.41, 5.74) is 0.716. The van der Waals surface area contributed by atoms with Gasteiger partial charge in [0.1, 0.15) is 6.61 Å². The number of rotatable bonds is 8. The normalized spacial score (nSPS) is 10.9. The molecule has 0 unspecified atom stereocenters.